The average molecular weight is 395 g/mol. The standard InChI is InChI=1S/C17H18INO2/c1-4-19(5-2)15-9-8-13-10-14(7-6-12(3)18)17(20)21-16(13)11-15/h6-11H,3-5H2,1-2H3/b7-6+. The van der Waals surface area contributed by atoms with Gasteiger partial charge in [0.2, 0.25) is 0 Å². The van der Waals surface area contributed by atoms with Crippen LogP contribution >= 0.6 is 22.6 Å². The molecule has 0 radical (unpaired) electrons. The topological polar surface area (TPSA) is 33.5 Å². The Kier molecular flexibility index (Phi) is 5.22. The van der Waals surface area contributed by atoms with E-state index in [4.69, 9.17) is 4.42 Å². The zero-order valence-corrected chi connectivity index (χ0v) is 14.4. The molecule has 0 bridgehead atoms. The highest BCUT2D eigenvalue weighted by molar-refractivity contribution is 14.1. The molecule has 0 atom stereocenters. The van der Waals surface area contributed by atoms with Gasteiger partial charge in [0.25, 0.3) is 0 Å². The van der Waals surface area contributed by atoms with Gasteiger partial charge in [-0.25, -0.2) is 4.79 Å². The van der Waals surface area contributed by atoms with Crippen molar-refractivity contribution in [3.05, 3.63) is 56.5 Å². The van der Waals surface area contributed by atoms with E-state index in [1.54, 1.807) is 12.2 Å². The molecule has 0 N–H and O–H groups in total. The first-order chi connectivity index (χ1) is 10.0. The zero-order valence-electron chi connectivity index (χ0n) is 12.2. The number of allylic oxidation sites excluding steroid dienone is 2. The van der Waals surface area contributed by atoms with Crippen LogP contribution in [0.15, 0.2) is 49.7 Å². The van der Waals surface area contributed by atoms with Crippen molar-refractivity contribution in [1.82, 2.24) is 0 Å². The first kappa shape index (κ1) is 15.8. The summed E-state index contributed by atoms with van der Waals surface area (Å²) in [5, 5.41) is 0.921. The largest absolute Gasteiger partial charge is 0.422 e. The second-order valence-corrected chi connectivity index (χ2v) is 6.05. The highest BCUT2D eigenvalue weighted by atomic mass is 127. The molecule has 0 aliphatic carbocycles. The minimum atomic E-state index is -0.326. The number of halogens is 1. The van der Waals surface area contributed by atoms with Crippen LogP contribution in [0.25, 0.3) is 17.0 Å². The van der Waals surface area contributed by atoms with E-state index in [0.29, 0.717) is 11.1 Å². The van der Waals surface area contributed by atoms with Gasteiger partial charge < -0.3 is 9.32 Å². The van der Waals surface area contributed by atoms with Crippen LogP contribution in [0.2, 0.25) is 0 Å². The van der Waals surface area contributed by atoms with Gasteiger partial charge in [0.1, 0.15) is 5.58 Å². The summed E-state index contributed by atoms with van der Waals surface area (Å²) in [6.07, 6.45) is 3.53. The number of rotatable bonds is 5. The van der Waals surface area contributed by atoms with Gasteiger partial charge in [-0.2, -0.15) is 0 Å². The minimum Gasteiger partial charge on any atom is -0.422 e. The number of nitrogens with zero attached hydrogens (tertiary/aromatic N) is 1. The van der Waals surface area contributed by atoms with E-state index >= 15 is 0 Å². The lowest BCUT2D eigenvalue weighted by Crippen LogP contribution is -2.21. The van der Waals surface area contributed by atoms with Crippen molar-refractivity contribution in [2.45, 2.75) is 13.8 Å². The average Bonchev–Trinajstić information content (AvgIpc) is 2.46. The van der Waals surface area contributed by atoms with Crippen molar-refractivity contribution in [1.29, 1.82) is 0 Å². The number of hydrogen-bond donors (Lipinski definition) is 0. The SMILES string of the molecule is C=C(I)/C=C/c1cc2ccc(N(CC)CC)cc2oc1=O. The Morgan fingerprint density at radius 2 is 2.05 bits per heavy atom. The highest BCUT2D eigenvalue weighted by Gasteiger charge is 2.07. The fraction of sp³-hybridized carbons (Fsp3) is 0.235. The normalized spacial score (nSPS) is 11.2. The van der Waals surface area contributed by atoms with E-state index in [-0.39, 0.29) is 5.63 Å². The summed E-state index contributed by atoms with van der Waals surface area (Å²) in [7, 11) is 0. The molecule has 0 saturated heterocycles. The Bertz CT molecular complexity index is 742. The molecule has 1 aromatic carbocycles. The van der Waals surface area contributed by atoms with Crippen LogP contribution in [0, 0.1) is 0 Å². The minimum absolute atomic E-state index is 0.326. The summed E-state index contributed by atoms with van der Waals surface area (Å²) in [6.45, 7) is 9.83. The quantitative estimate of drug-likeness (QED) is 0.422. The van der Waals surface area contributed by atoms with Gasteiger partial charge in [-0.15, -0.1) is 0 Å². The third-order valence-electron chi connectivity index (χ3n) is 3.32. The first-order valence-electron chi connectivity index (χ1n) is 6.90. The number of anilines is 1. The van der Waals surface area contributed by atoms with Crippen LogP contribution in [0.1, 0.15) is 19.4 Å². The third kappa shape index (κ3) is 3.75. The van der Waals surface area contributed by atoms with E-state index < -0.39 is 0 Å². The number of benzene rings is 1. The molecule has 0 fully saturated rings. The molecular formula is C17H18INO2. The van der Waals surface area contributed by atoms with Crippen LogP contribution in [-0.4, -0.2) is 13.1 Å². The molecule has 0 spiro atoms. The third-order valence-corrected chi connectivity index (χ3v) is 3.68. The molecule has 0 unspecified atom stereocenters. The van der Waals surface area contributed by atoms with Crippen molar-refractivity contribution < 1.29 is 4.42 Å². The van der Waals surface area contributed by atoms with Crippen molar-refractivity contribution >= 4 is 45.3 Å². The summed E-state index contributed by atoms with van der Waals surface area (Å²) in [6, 6.07) is 7.82. The molecule has 0 saturated carbocycles. The van der Waals surface area contributed by atoms with Gasteiger partial charge in [-0.1, -0.05) is 6.58 Å². The fourth-order valence-electron chi connectivity index (χ4n) is 2.20. The monoisotopic (exact) mass is 395 g/mol. The Morgan fingerprint density at radius 1 is 1.33 bits per heavy atom. The maximum absolute atomic E-state index is 12.0. The maximum Gasteiger partial charge on any atom is 0.343 e. The second kappa shape index (κ2) is 6.93. The number of hydrogen-bond acceptors (Lipinski definition) is 3. The Morgan fingerprint density at radius 3 is 2.67 bits per heavy atom. The molecule has 4 heteroatoms. The molecule has 1 heterocycles. The number of fused-ring (bicyclic) bond motifs is 1. The molecule has 2 rings (SSSR count). The predicted octanol–water partition coefficient (Wildman–Crippen LogP) is 4.60. The van der Waals surface area contributed by atoms with Crippen molar-refractivity contribution in [3.8, 4) is 0 Å². The molecule has 2 aromatic rings. The summed E-state index contributed by atoms with van der Waals surface area (Å²) >= 11 is 2.10. The smallest absolute Gasteiger partial charge is 0.343 e. The molecule has 1 aromatic heterocycles. The predicted molar refractivity (Wildman–Crippen MR) is 98.2 cm³/mol. The Labute approximate surface area is 138 Å². The Balaban J connectivity index is 2.49. The molecule has 0 aliphatic heterocycles. The van der Waals surface area contributed by atoms with E-state index in [9.17, 15) is 4.79 Å². The van der Waals surface area contributed by atoms with E-state index in [1.807, 2.05) is 18.2 Å². The summed E-state index contributed by atoms with van der Waals surface area (Å²) in [5.74, 6) is 0. The van der Waals surface area contributed by atoms with Crippen molar-refractivity contribution in [2.75, 3.05) is 18.0 Å². The molecule has 110 valence electrons. The van der Waals surface area contributed by atoms with Crippen molar-refractivity contribution in [3.63, 3.8) is 0 Å². The van der Waals surface area contributed by atoms with Crippen LogP contribution in [0.5, 0.6) is 0 Å². The fourth-order valence-corrected chi connectivity index (χ4v) is 2.38. The second-order valence-electron chi connectivity index (χ2n) is 4.66. The van der Waals surface area contributed by atoms with Crippen molar-refractivity contribution in [2.24, 2.45) is 0 Å². The van der Waals surface area contributed by atoms with Gasteiger partial charge in [0.05, 0.1) is 5.56 Å². The van der Waals surface area contributed by atoms with E-state index in [2.05, 4.69) is 54.0 Å². The van der Waals surface area contributed by atoms with E-state index in [0.717, 1.165) is 27.7 Å². The molecule has 0 aliphatic rings. The maximum atomic E-state index is 12.0. The lowest BCUT2D eigenvalue weighted by Gasteiger charge is -2.20. The van der Waals surface area contributed by atoms with Crippen LogP contribution in [0.4, 0.5) is 5.69 Å². The van der Waals surface area contributed by atoms with Gasteiger partial charge in [0.15, 0.2) is 0 Å². The van der Waals surface area contributed by atoms with Gasteiger partial charge in [-0.3, -0.25) is 0 Å². The molecule has 3 nitrogen and oxygen atoms in total. The molecule has 0 amide bonds. The molecular weight excluding hydrogens is 377 g/mol. The highest BCUT2D eigenvalue weighted by Crippen LogP contribution is 2.22. The van der Waals surface area contributed by atoms with Gasteiger partial charge >= 0.3 is 5.63 Å². The Hall–Kier alpha value is -1.56. The van der Waals surface area contributed by atoms with Crippen LogP contribution in [0.3, 0.4) is 0 Å². The zero-order chi connectivity index (χ0) is 15.4. The first-order valence-corrected chi connectivity index (χ1v) is 7.98. The lowest BCUT2D eigenvalue weighted by molar-refractivity contribution is 0.559. The lowest BCUT2D eigenvalue weighted by atomic mass is 10.1. The molecule has 21 heavy (non-hydrogen) atoms. The van der Waals surface area contributed by atoms with E-state index in [1.165, 1.54) is 0 Å². The summed E-state index contributed by atoms with van der Waals surface area (Å²) < 4.78 is 6.30. The summed E-state index contributed by atoms with van der Waals surface area (Å²) in [4.78, 5) is 14.2. The van der Waals surface area contributed by atoms with Gasteiger partial charge in [-0.05, 0) is 66.8 Å². The van der Waals surface area contributed by atoms with Crippen LogP contribution in [-0.2, 0) is 0 Å². The van der Waals surface area contributed by atoms with Gasteiger partial charge in [0, 0.05) is 33.8 Å². The summed E-state index contributed by atoms with van der Waals surface area (Å²) in [5.41, 5.74) is 1.90. The van der Waals surface area contributed by atoms with Crippen LogP contribution < -0.4 is 10.5 Å².